The SMILES string of the molecule is CCc1c[c]c2c3c(C(N)=O)cccc3n(Cc3ccc(S(C)(=O)=O)cc3)c2c1. The van der Waals surface area contributed by atoms with Crippen LogP contribution in [0, 0.1) is 6.07 Å². The number of sulfone groups is 1. The molecule has 0 aliphatic rings. The van der Waals surface area contributed by atoms with E-state index in [0.717, 1.165) is 39.4 Å². The lowest BCUT2D eigenvalue weighted by molar-refractivity contribution is 0.100. The van der Waals surface area contributed by atoms with Crippen LogP contribution in [-0.4, -0.2) is 25.1 Å². The summed E-state index contributed by atoms with van der Waals surface area (Å²) >= 11 is 0. The highest BCUT2D eigenvalue weighted by atomic mass is 32.2. The third-order valence-corrected chi connectivity index (χ3v) is 6.35. The second-order valence-electron chi connectivity index (χ2n) is 7.19. The van der Waals surface area contributed by atoms with Gasteiger partial charge in [-0.3, -0.25) is 4.79 Å². The zero-order chi connectivity index (χ0) is 20.8. The lowest BCUT2D eigenvalue weighted by Gasteiger charge is -2.09. The molecule has 0 bridgehead atoms. The second-order valence-corrected chi connectivity index (χ2v) is 9.20. The van der Waals surface area contributed by atoms with Gasteiger partial charge in [0.1, 0.15) is 0 Å². The number of aromatic nitrogens is 1. The topological polar surface area (TPSA) is 82.2 Å². The van der Waals surface area contributed by atoms with Crippen molar-refractivity contribution in [2.24, 2.45) is 5.73 Å². The summed E-state index contributed by atoms with van der Waals surface area (Å²) in [5.41, 5.74) is 10.1. The van der Waals surface area contributed by atoms with E-state index in [-0.39, 0.29) is 0 Å². The van der Waals surface area contributed by atoms with Gasteiger partial charge in [-0.15, -0.1) is 0 Å². The van der Waals surface area contributed by atoms with Crippen LogP contribution < -0.4 is 5.73 Å². The highest BCUT2D eigenvalue weighted by molar-refractivity contribution is 7.90. The van der Waals surface area contributed by atoms with Crippen molar-refractivity contribution in [1.29, 1.82) is 0 Å². The van der Waals surface area contributed by atoms with Gasteiger partial charge in [-0.05, 0) is 53.9 Å². The first-order chi connectivity index (χ1) is 13.8. The highest BCUT2D eigenvalue weighted by Gasteiger charge is 2.17. The van der Waals surface area contributed by atoms with Gasteiger partial charge in [-0.2, -0.15) is 0 Å². The first-order valence-corrected chi connectivity index (χ1v) is 11.2. The van der Waals surface area contributed by atoms with Crippen LogP contribution >= 0.6 is 0 Å². The van der Waals surface area contributed by atoms with Crippen LogP contribution in [0.1, 0.15) is 28.4 Å². The minimum atomic E-state index is -3.24. The Labute approximate surface area is 169 Å². The molecule has 0 unspecified atom stereocenters. The third-order valence-electron chi connectivity index (χ3n) is 5.22. The number of rotatable bonds is 5. The predicted molar refractivity (Wildman–Crippen MR) is 115 cm³/mol. The number of benzene rings is 3. The van der Waals surface area contributed by atoms with Crippen LogP contribution in [-0.2, 0) is 22.8 Å². The second kappa shape index (κ2) is 7.04. The maximum absolute atomic E-state index is 12.0. The summed E-state index contributed by atoms with van der Waals surface area (Å²) in [5.74, 6) is -0.472. The van der Waals surface area contributed by atoms with E-state index < -0.39 is 15.7 Å². The first kappa shape index (κ1) is 19.2. The van der Waals surface area contributed by atoms with Gasteiger partial charge in [0.2, 0.25) is 5.91 Å². The summed E-state index contributed by atoms with van der Waals surface area (Å²) in [6, 6.07) is 19.8. The summed E-state index contributed by atoms with van der Waals surface area (Å²) in [6.07, 6.45) is 2.07. The van der Waals surface area contributed by atoms with Crippen LogP contribution in [0.5, 0.6) is 0 Å². The molecule has 147 valence electrons. The first-order valence-electron chi connectivity index (χ1n) is 9.34. The van der Waals surface area contributed by atoms with Crippen molar-refractivity contribution in [2.75, 3.05) is 6.26 Å². The van der Waals surface area contributed by atoms with E-state index in [1.54, 1.807) is 18.2 Å². The van der Waals surface area contributed by atoms with Gasteiger partial charge < -0.3 is 10.3 Å². The van der Waals surface area contributed by atoms with Gasteiger partial charge in [0.05, 0.1) is 15.9 Å². The quantitative estimate of drug-likeness (QED) is 0.549. The number of amides is 1. The van der Waals surface area contributed by atoms with Gasteiger partial charge in [0.25, 0.3) is 0 Å². The molecule has 6 heteroatoms. The zero-order valence-electron chi connectivity index (χ0n) is 16.3. The average molecular weight is 405 g/mol. The molecule has 29 heavy (non-hydrogen) atoms. The fraction of sp³-hybridized carbons (Fsp3) is 0.174. The van der Waals surface area contributed by atoms with Crippen molar-refractivity contribution in [1.82, 2.24) is 4.57 Å². The van der Waals surface area contributed by atoms with Crippen molar-refractivity contribution >= 4 is 37.6 Å². The number of fused-ring (bicyclic) bond motifs is 3. The molecule has 1 heterocycles. The van der Waals surface area contributed by atoms with E-state index in [0.29, 0.717) is 17.0 Å². The molecule has 0 aliphatic heterocycles. The normalized spacial score (nSPS) is 11.9. The highest BCUT2D eigenvalue weighted by Crippen LogP contribution is 2.33. The Kier molecular flexibility index (Phi) is 4.67. The molecule has 3 aromatic carbocycles. The fourth-order valence-corrected chi connectivity index (χ4v) is 4.33. The number of carbonyl (C=O) groups excluding carboxylic acids is 1. The number of aryl methyl sites for hydroxylation is 1. The van der Waals surface area contributed by atoms with Crippen LogP contribution in [0.3, 0.4) is 0 Å². The molecule has 4 aromatic rings. The fourth-order valence-electron chi connectivity index (χ4n) is 3.70. The van der Waals surface area contributed by atoms with Crippen molar-refractivity contribution in [3.8, 4) is 0 Å². The van der Waals surface area contributed by atoms with Crippen molar-refractivity contribution in [2.45, 2.75) is 24.8 Å². The van der Waals surface area contributed by atoms with E-state index in [1.165, 1.54) is 6.26 Å². The Morgan fingerprint density at radius 1 is 1.07 bits per heavy atom. The lowest BCUT2D eigenvalue weighted by atomic mass is 10.0. The van der Waals surface area contributed by atoms with E-state index in [2.05, 4.69) is 23.6 Å². The lowest BCUT2D eigenvalue weighted by Crippen LogP contribution is -2.11. The molecule has 0 saturated carbocycles. The average Bonchev–Trinajstić information content (AvgIpc) is 3.00. The monoisotopic (exact) mass is 405 g/mol. The van der Waals surface area contributed by atoms with Gasteiger partial charge >= 0.3 is 0 Å². The van der Waals surface area contributed by atoms with Crippen molar-refractivity contribution in [3.05, 3.63) is 77.4 Å². The van der Waals surface area contributed by atoms with Gasteiger partial charge in [0, 0.05) is 29.1 Å². The molecule has 1 aromatic heterocycles. The van der Waals surface area contributed by atoms with Crippen LogP contribution in [0.25, 0.3) is 21.8 Å². The molecular weight excluding hydrogens is 384 g/mol. The molecule has 4 rings (SSSR count). The van der Waals surface area contributed by atoms with E-state index in [9.17, 15) is 13.2 Å². The Bertz CT molecular complexity index is 1350. The number of hydrogen-bond acceptors (Lipinski definition) is 3. The van der Waals surface area contributed by atoms with E-state index in [1.807, 2.05) is 30.3 Å². The van der Waals surface area contributed by atoms with Crippen LogP contribution in [0.15, 0.2) is 59.5 Å². The maximum Gasteiger partial charge on any atom is 0.249 e. The molecule has 2 N–H and O–H groups in total. The minimum Gasteiger partial charge on any atom is -0.366 e. The molecule has 0 spiro atoms. The smallest absolute Gasteiger partial charge is 0.249 e. The number of hydrogen-bond donors (Lipinski definition) is 1. The molecule has 0 atom stereocenters. The third kappa shape index (κ3) is 3.40. The number of primary amides is 1. The largest absolute Gasteiger partial charge is 0.366 e. The summed E-state index contributed by atoms with van der Waals surface area (Å²) in [5, 5.41) is 1.66. The molecular formula is C23H21N2O3S. The summed E-state index contributed by atoms with van der Waals surface area (Å²) in [4.78, 5) is 12.3. The predicted octanol–water partition coefficient (Wildman–Crippen LogP) is 3.71. The number of nitrogens with two attached hydrogens (primary N) is 1. The molecule has 0 saturated heterocycles. The Morgan fingerprint density at radius 3 is 2.41 bits per heavy atom. The molecule has 0 fully saturated rings. The van der Waals surface area contributed by atoms with Crippen molar-refractivity contribution < 1.29 is 13.2 Å². The summed E-state index contributed by atoms with van der Waals surface area (Å²) in [7, 11) is -3.24. The van der Waals surface area contributed by atoms with Gasteiger partial charge in [-0.25, -0.2) is 8.42 Å². The van der Waals surface area contributed by atoms with Gasteiger partial charge in [0.15, 0.2) is 9.84 Å². The Balaban J connectivity index is 1.94. The minimum absolute atomic E-state index is 0.293. The standard InChI is InChI=1S/C23H21N2O3S/c1-3-15-9-12-18-21(13-15)25(20-6-4-5-19(22(18)20)23(24)26)14-16-7-10-17(11-8-16)29(2,27)28/h4-11,13H,3,14H2,1-2H3,(H2,24,26). The number of nitrogens with zero attached hydrogens (tertiary/aromatic N) is 1. The van der Waals surface area contributed by atoms with E-state index in [4.69, 9.17) is 5.73 Å². The van der Waals surface area contributed by atoms with Crippen LogP contribution in [0.2, 0.25) is 0 Å². The summed E-state index contributed by atoms with van der Waals surface area (Å²) in [6.45, 7) is 2.62. The molecule has 0 aliphatic carbocycles. The van der Waals surface area contributed by atoms with E-state index >= 15 is 0 Å². The summed E-state index contributed by atoms with van der Waals surface area (Å²) < 4.78 is 25.6. The molecule has 1 amide bonds. The van der Waals surface area contributed by atoms with Crippen molar-refractivity contribution in [3.63, 3.8) is 0 Å². The molecule has 1 radical (unpaired) electrons. The Hall–Kier alpha value is -3.12. The van der Waals surface area contributed by atoms with Gasteiger partial charge in [-0.1, -0.05) is 31.2 Å². The van der Waals surface area contributed by atoms with Crippen LogP contribution in [0.4, 0.5) is 0 Å². The zero-order valence-corrected chi connectivity index (χ0v) is 17.1. The number of carbonyl (C=O) groups is 1. The Morgan fingerprint density at radius 2 is 1.79 bits per heavy atom. The maximum atomic E-state index is 12.0. The molecule has 5 nitrogen and oxygen atoms in total.